The zero-order valence-corrected chi connectivity index (χ0v) is 21.7. The van der Waals surface area contributed by atoms with Crippen molar-refractivity contribution in [2.75, 3.05) is 13.1 Å². The first kappa shape index (κ1) is 24.9. The molecule has 0 unspecified atom stereocenters. The Bertz CT molecular complexity index is 1200. The predicted molar refractivity (Wildman–Crippen MR) is 139 cm³/mol. The van der Waals surface area contributed by atoms with Crippen LogP contribution in [0.15, 0.2) is 47.8 Å². The molecule has 1 atom stereocenters. The first-order valence-electron chi connectivity index (χ1n) is 12.2. The van der Waals surface area contributed by atoms with Gasteiger partial charge in [-0.3, -0.25) is 9.59 Å². The number of nitrogens with one attached hydrogen (secondary N) is 1. The molecule has 6 nitrogen and oxygen atoms in total. The third-order valence-electron chi connectivity index (χ3n) is 6.14. The molecule has 2 heterocycles. The Labute approximate surface area is 211 Å². The second-order valence-electron chi connectivity index (χ2n) is 9.39. The maximum atomic E-state index is 12.8. The fraction of sp³-hybridized carbons (Fsp3) is 0.393. The molecule has 7 heteroatoms. The highest BCUT2D eigenvalue weighted by molar-refractivity contribution is 7.09. The highest BCUT2D eigenvalue weighted by Gasteiger charge is 2.31. The molecule has 35 heavy (non-hydrogen) atoms. The molecule has 0 radical (unpaired) electrons. The van der Waals surface area contributed by atoms with Crippen LogP contribution in [0.5, 0.6) is 5.75 Å². The van der Waals surface area contributed by atoms with Crippen LogP contribution in [0.4, 0.5) is 0 Å². The Balaban J connectivity index is 1.54. The molecule has 1 aliphatic rings. The molecule has 0 saturated carbocycles. The number of ether oxygens (including phenoxy) is 1. The van der Waals surface area contributed by atoms with Crippen LogP contribution >= 0.6 is 11.3 Å². The normalized spacial score (nSPS) is 15.1. The number of hydrogen-bond acceptors (Lipinski definition) is 5. The SMILES string of the molecule is CCC(=O)N1CCc2ccc(OCc3nc(C(=O)NCC(C)C)cs3)cc2[C@H]1c1cccc(C)c1. The standard InChI is InChI=1S/C28H33N3O3S/c1-5-26(32)31-12-11-20-9-10-22(14-23(20)27(31)21-8-6-7-19(4)13-21)34-16-25-30-24(17-35-25)28(33)29-15-18(2)3/h6-10,13-14,17-18,27H,5,11-12,15-16H2,1-4H3,(H,29,33)/t27-/m1/s1. The molecule has 1 N–H and O–H groups in total. The lowest BCUT2D eigenvalue weighted by molar-refractivity contribution is -0.132. The summed E-state index contributed by atoms with van der Waals surface area (Å²) in [4.78, 5) is 31.5. The Hall–Kier alpha value is -3.19. The number of aryl methyl sites for hydroxylation is 1. The van der Waals surface area contributed by atoms with Crippen molar-refractivity contribution in [3.05, 3.63) is 80.8 Å². The third-order valence-corrected chi connectivity index (χ3v) is 6.97. The first-order chi connectivity index (χ1) is 16.9. The van der Waals surface area contributed by atoms with E-state index in [2.05, 4.69) is 61.4 Å². The van der Waals surface area contributed by atoms with E-state index in [0.29, 0.717) is 31.1 Å². The van der Waals surface area contributed by atoms with Crippen molar-refractivity contribution in [1.82, 2.24) is 15.2 Å². The van der Waals surface area contributed by atoms with E-state index in [1.165, 1.54) is 22.5 Å². The molecule has 184 valence electrons. The van der Waals surface area contributed by atoms with Gasteiger partial charge in [0.25, 0.3) is 5.91 Å². The Morgan fingerprint density at radius 3 is 2.80 bits per heavy atom. The molecular weight excluding hydrogens is 458 g/mol. The molecule has 4 rings (SSSR count). The number of rotatable bonds is 8. The maximum absolute atomic E-state index is 12.8. The first-order valence-corrected chi connectivity index (χ1v) is 13.1. The number of amides is 2. The molecule has 2 aromatic carbocycles. The number of fused-ring (bicyclic) bond motifs is 1. The summed E-state index contributed by atoms with van der Waals surface area (Å²) < 4.78 is 6.09. The van der Waals surface area contributed by atoms with E-state index in [1.807, 2.05) is 24.0 Å². The van der Waals surface area contributed by atoms with E-state index in [0.717, 1.165) is 28.3 Å². The molecule has 0 aliphatic carbocycles. The highest BCUT2D eigenvalue weighted by atomic mass is 32.1. The lowest BCUT2D eigenvalue weighted by Gasteiger charge is -2.38. The molecule has 2 amide bonds. The third kappa shape index (κ3) is 5.90. The van der Waals surface area contributed by atoms with Crippen LogP contribution in [-0.4, -0.2) is 34.8 Å². The van der Waals surface area contributed by atoms with Gasteiger partial charge in [-0.25, -0.2) is 4.98 Å². The van der Waals surface area contributed by atoms with Crippen molar-refractivity contribution in [1.29, 1.82) is 0 Å². The Morgan fingerprint density at radius 1 is 1.23 bits per heavy atom. The summed E-state index contributed by atoms with van der Waals surface area (Å²) in [6.07, 6.45) is 1.30. The van der Waals surface area contributed by atoms with E-state index in [9.17, 15) is 9.59 Å². The van der Waals surface area contributed by atoms with Crippen LogP contribution < -0.4 is 10.1 Å². The quantitative estimate of drug-likeness (QED) is 0.464. The van der Waals surface area contributed by atoms with Crippen LogP contribution in [0.2, 0.25) is 0 Å². The fourth-order valence-electron chi connectivity index (χ4n) is 4.37. The smallest absolute Gasteiger partial charge is 0.270 e. The van der Waals surface area contributed by atoms with Crippen LogP contribution in [0, 0.1) is 12.8 Å². The van der Waals surface area contributed by atoms with Crippen molar-refractivity contribution in [2.24, 2.45) is 5.92 Å². The molecule has 3 aromatic rings. The van der Waals surface area contributed by atoms with E-state index in [4.69, 9.17) is 4.74 Å². The zero-order valence-electron chi connectivity index (χ0n) is 20.8. The van der Waals surface area contributed by atoms with Gasteiger partial charge in [-0.15, -0.1) is 11.3 Å². The molecule has 0 bridgehead atoms. The van der Waals surface area contributed by atoms with Gasteiger partial charge in [0, 0.05) is 24.9 Å². The average Bonchev–Trinajstić information content (AvgIpc) is 3.34. The summed E-state index contributed by atoms with van der Waals surface area (Å²) >= 11 is 1.42. The van der Waals surface area contributed by atoms with E-state index in [1.54, 1.807) is 5.38 Å². The summed E-state index contributed by atoms with van der Waals surface area (Å²) in [7, 11) is 0. The maximum Gasteiger partial charge on any atom is 0.270 e. The number of thiazole rings is 1. The topological polar surface area (TPSA) is 71.5 Å². The summed E-state index contributed by atoms with van der Waals surface area (Å²) in [5.74, 6) is 1.11. The number of nitrogens with zero attached hydrogens (tertiary/aromatic N) is 2. The van der Waals surface area contributed by atoms with Gasteiger partial charge >= 0.3 is 0 Å². The van der Waals surface area contributed by atoms with Crippen molar-refractivity contribution in [3.8, 4) is 5.75 Å². The second kappa shape index (κ2) is 11.0. The second-order valence-corrected chi connectivity index (χ2v) is 10.3. The lowest BCUT2D eigenvalue weighted by Crippen LogP contribution is -2.40. The minimum atomic E-state index is -0.156. The minimum absolute atomic E-state index is 0.134. The Kier molecular flexibility index (Phi) is 7.86. The van der Waals surface area contributed by atoms with Gasteiger partial charge in [0.1, 0.15) is 23.1 Å². The fourth-order valence-corrected chi connectivity index (χ4v) is 5.05. The zero-order chi connectivity index (χ0) is 24.9. The van der Waals surface area contributed by atoms with Crippen molar-refractivity contribution in [2.45, 2.75) is 53.2 Å². The van der Waals surface area contributed by atoms with Crippen LogP contribution in [-0.2, 0) is 17.8 Å². The van der Waals surface area contributed by atoms with Crippen molar-refractivity contribution >= 4 is 23.2 Å². The number of aromatic nitrogens is 1. The van der Waals surface area contributed by atoms with E-state index < -0.39 is 0 Å². The summed E-state index contributed by atoms with van der Waals surface area (Å²) in [6, 6.07) is 14.4. The summed E-state index contributed by atoms with van der Waals surface area (Å²) in [5.41, 5.74) is 5.05. The number of carbonyl (C=O) groups excluding carboxylic acids is 2. The average molecular weight is 492 g/mol. The highest BCUT2D eigenvalue weighted by Crippen LogP contribution is 2.38. The Morgan fingerprint density at radius 2 is 2.06 bits per heavy atom. The van der Waals surface area contributed by atoms with Gasteiger partial charge < -0.3 is 15.0 Å². The molecule has 1 aliphatic heterocycles. The predicted octanol–water partition coefficient (Wildman–Crippen LogP) is 5.30. The van der Waals surface area contributed by atoms with Gasteiger partial charge in [0.05, 0.1) is 6.04 Å². The minimum Gasteiger partial charge on any atom is -0.486 e. The van der Waals surface area contributed by atoms with Crippen molar-refractivity contribution < 1.29 is 14.3 Å². The van der Waals surface area contributed by atoms with Gasteiger partial charge in [0.15, 0.2) is 0 Å². The van der Waals surface area contributed by atoms with Gasteiger partial charge in [-0.1, -0.05) is 56.7 Å². The van der Waals surface area contributed by atoms with Crippen LogP contribution in [0.1, 0.15) is 71.0 Å². The summed E-state index contributed by atoms with van der Waals surface area (Å²) in [5, 5.41) is 5.41. The molecule has 0 saturated heterocycles. The monoisotopic (exact) mass is 491 g/mol. The van der Waals surface area contributed by atoms with E-state index >= 15 is 0 Å². The van der Waals surface area contributed by atoms with Crippen LogP contribution in [0.3, 0.4) is 0 Å². The number of carbonyl (C=O) groups is 2. The van der Waals surface area contributed by atoms with E-state index in [-0.39, 0.29) is 24.5 Å². The summed E-state index contributed by atoms with van der Waals surface area (Å²) in [6.45, 7) is 9.71. The van der Waals surface area contributed by atoms with Crippen molar-refractivity contribution in [3.63, 3.8) is 0 Å². The largest absolute Gasteiger partial charge is 0.486 e. The van der Waals surface area contributed by atoms with Crippen LogP contribution in [0.25, 0.3) is 0 Å². The van der Waals surface area contributed by atoms with Gasteiger partial charge in [0.2, 0.25) is 5.91 Å². The number of hydrogen-bond donors (Lipinski definition) is 1. The van der Waals surface area contributed by atoms with Gasteiger partial charge in [-0.05, 0) is 48.1 Å². The number of benzene rings is 2. The molecular formula is C28H33N3O3S. The molecule has 1 aromatic heterocycles. The lowest BCUT2D eigenvalue weighted by atomic mass is 9.87. The molecule has 0 fully saturated rings. The molecule has 0 spiro atoms. The van der Waals surface area contributed by atoms with Gasteiger partial charge in [-0.2, -0.15) is 0 Å².